The van der Waals surface area contributed by atoms with Gasteiger partial charge in [-0.05, 0) is 92.8 Å². The van der Waals surface area contributed by atoms with E-state index in [0.29, 0.717) is 5.92 Å². The summed E-state index contributed by atoms with van der Waals surface area (Å²) in [5, 5.41) is 11.9. The predicted octanol–water partition coefficient (Wildman–Crippen LogP) is 4.96. The van der Waals surface area contributed by atoms with E-state index in [-0.39, 0.29) is 6.61 Å². The fraction of sp³-hybridized carbons (Fsp3) is 0.385. The van der Waals surface area contributed by atoms with Crippen molar-refractivity contribution in [2.75, 3.05) is 26.7 Å². The monoisotopic (exact) mass is 417 g/mol. The molecule has 0 bridgehead atoms. The highest BCUT2D eigenvalue weighted by Gasteiger charge is 2.22. The van der Waals surface area contributed by atoms with Gasteiger partial charge in [0.15, 0.2) is 0 Å². The van der Waals surface area contributed by atoms with Crippen molar-refractivity contribution in [3.63, 3.8) is 0 Å². The van der Waals surface area contributed by atoms with Gasteiger partial charge in [-0.1, -0.05) is 6.07 Å². The third-order valence-electron chi connectivity index (χ3n) is 6.81. The molecule has 0 saturated carbocycles. The number of nitrogens with one attached hydrogen (secondary N) is 2. The number of aromatic amines is 2. The van der Waals surface area contributed by atoms with Gasteiger partial charge in [0.05, 0.1) is 13.7 Å². The highest BCUT2D eigenvalue weighted by Crippen LogP contribution is 2.31. The Balaban J connectivity index is 1.15. The van der Waals surface area contributed by atoms with Gasteiger partial charge in [0.25, 0.3) is 0 Å². The van der Waals surface area contributed by atoms with Gasteiger partial charge < -0.3 is 24.7 Å². The molecule has 1 saturated heterocycles. The smallest absolute Gasteiger partial charge is 0.119 e. The maximum atomic E-state index is 9.42. The number of aryl methyl sites for hydroxylation is 1. The third kappa shape index (κ3) is 4.21. The highest BCUT2D eigenvalue weighted by atomic mass is 16.5. The summed E-state index contributed by atoms with van der Waals surface area (Å²) in [7, 11) is 1.72. The van der Waals surface area contributed by atoms with E-state index in [2.05, 4.69) is 51.4 Å². The lowest BCUT2D eigenvalue weighted by Gasteiger charge is -2.31. The predicted molar refractivity (Wildman–Crippen MR) is 126 cm³/mol. The molecule has 4 aromatic rings. The Morgan fingerprint density at radius 3 is 2.71 bits per heavy atom. The third-order valence-corrected chi connectivity index (χ3v) is 6.81. The van der Waals surface area contributed by atoms with Crippen molar-refractivity contribution in [1.29, 1.82) is 0 Å². The van der Waals surface area contributed by atoms with Crippen LogP contribution in [0.3, 0.4) is 0 Å². The summed E-state index contributed by atoms with van der Waals surface area (Å²) < 4.78 is 5.36. The summed E-state index contributed by atoms with van der Waals surface area (Å²) in [6.07, 6.45) is 6.77. The largest absolute Gasteiger partial charge is 0.497 e. The number of H-pyrrole nitrogens is 2. The Morgan fingerprint density at radius 1 is 1.06 bits per heavy atom. The van der Waals surface area contributed by atoms with Gasteiger partial charge in [-0.3, -0.25) is 0 Å². The van der Waals surface area contributed by atoms with Gasteiger partial charge in [0, 0.05) is 39.6 Å². The molecule has 1 aliphatic rings. The van der Waals surface area contributed by atoms with Crippen LogP contribution in [0.25, 0.3) is 21.8 Å². The minimum absolute atomic E-state index is 0.0966. The second kappa shape index (κ2) is 8.77. The first-order valence-corrected chi connectivity index (χ1v) is 11.3. The fourth-order valence-electron chi connectivity index (χ4n) is 4.97. The van der Waals surface area contributed by atoms with Crippen molar-refractivity contribution in [2.45, 2.75) is 38.2 Å². The number of ether oxygens (including phenoxy) is 1. The van der Waals surface area contributed by atoms with Crippen LogP contribution < -0.4 is 4.74 Å². The van der Waals surface area contributed by atoms with Crippen molar-refractivity contribution in [1.82, 2.24) is 14.9 Å². The molecule has 162 valence electrons. The van der Waals surface area contributed by atoms with Gasteiger partial charge >= 0.3 is 0 Å². The molecule has 0 unspecified atom stereocenters. The van der Waals surface area contributed by atoms with Crippen LogP contribution in [0.5, 0.6) is 5.75 Å². The molecular formula is C26H31N3O2. The molecule has 0 atom stereocenters. The Morgan fingerprint density at radius 2 is 1.90 bits per heavy atom. The molecule has 1 fully saturated rings. The van der Waals surface area contributed by atoms with E-state index in [4.69, 9.17) is 4.74 Å². The van der Waals surface area contributed by atoms with Crippen LogP contribution >= 0.6 is 0 Å². The number of rotatable bonds is 7. The number of fused-ring (bicyclic) bond motifs is 2. The molecule has 3 N–H and O–H groups in total. The van der Waals surface area contributed by atoms with Gasteiger partial charge in [0.1, 0.15) is 5.75 Å². The zero-order valence-electron chi connectivity index (χ0n) is 18.2. The summed E-state index contributed by atoms with van der Waals surface area (Å²) in [6.45, 7) is 3.56. The van der Waals surface area contributed by atoms with E-state index in [1.807, 2.05) is 12.1 Å². The first-order valence-electron chi connectivity index (χ1n) is 11.3. The quantitative estimate of drug-likeness (QED) is 0.398. The van der Waals surface area contributed by atoms with Gasteiger partial charge in [0.2, 0.25) is 0 Å². The first-order chi connectivity index (χ1) is 15.2. The summed E-state index contributed by atoms with van der Waals surface area (Å²) in [5.74, 6) is 1.52. The Labute approximate surface area is 183 Å². The van der Waals surface area contributed by atoms with Gasteiger partial charge in [-0.25, -0.2) is 0 Å². The molecule has 5 nitrogen and oxygen atoms in total. The van der Waals surface area contributed by atoms with E-state index in [1.54, 1.807) is 7.11 Å². The standard InChI is InChI=1S/C26H31N3O2/c1-31-22-5-7-24-21(14-22)15-26(28-24)19-8-11-29(12-9-19)10-2-3-20-16-27-25-6-4-18(17-30)13-23(20)25/h4-7,13-16,19,27-28,30H,2-3,8-12,17H2,1H3. The number of aromatic nitrogens is 2. The van der Waals surface area contributed by atoms with E-state index in [1.165, 1.54) is 40.4 Å². The molecule has 0 spiro atoms. The normalized spacial score (nSPS) is 15.8. The van der Waals surface area contributed by atoms with Crippen LogP contribution in [-0.4, -0.2) is 46.7 Å². The molecule has 5 rings (SSSR count). The van der Waals surface area contributed by atoms with E-state index in [9.17, 15) is 5.11 Å². The van der Waals surface area contributed by atoms with E-state index in [0.717, 1.165) is 49.3 Å². The molecule has 0 amide bonds. The second-order valence-electron chi connectivity index (χ2n) is 8.75. The number of nitrogens with zero attached hydrogens (tertiary/aromatic N) is 1. The molecule has 0 aliphatic carbocycles. The van der Waals surface area contributed by atoms with Crippen LogP contribution in [0.1, 0.15) is 42.0 Å². The van der Waals surface area contributed by atoms with Gasteiger partial charge in [-0.15, -0.1) is 0 Å². The molecular weight excluding hydrogens is 386 g/mol. The average molecular weight is 418 g/mol. The molecule has 5 heteroatoms. The molecule has 1 aliphatic heterocycles. The van der Waals surface area contributed by atoms with Crippen molar-refractivity contribution < 1.29 is 9.84 Å². The van der Waals surface area contributed by atoms with Crippen molar-refractivity contribution in [3.8, 4) is 5.75 Å². The number of likely N-dealkylation sites (tertiary alicyclic amines) is 1. The average Bonchev–Trinajstić information content (AvgIpc) is 3.42. The van der Waals surface area contributed by atoms with Crippen molar-refractivity contribution in [2.24, 2.45) is 0 Å². The number of aliphatic hydroxyl groups is 1. The second-order valence-corrected chi connectivity index (χ2v) is 8.75. The van der Waals surface area contributed by atoms with Gasteiger partial charge in [-0.2, -0.15) is 0 Å². The van der Waals surface area contributed by atoms with Crippen molar-refractivity contribution in [3.05, 3.63) is 65.5 Å². The molecule has 0 radical (unpaired) electrons. The number of benzene rings is 2. The minimum Gasteiger partial charge on any atom is -0.497 e. The van der Waals surface area contributed by atoms with Crippen LogP contribution in [0.2, 0.25) is 0 Å². The van der Waals surface area contributed by atoms with Crippen molar-refractivity contribution >= 4 is 21.8 Å². The molecule has 3 heterocycles. The fourth-order valence-corrected chi connectivity index (χ4v) is 4.97. The molecule has 2 aromatic carbocycles. The Hall–Kier alpha value is -2.76. The minimum atomic E-state index is 0.0966. The number of aliphatic hydroxyl groups excluding tert-OH is 1. The number of methoxy groups -OCH3 is 1. The zero-order valence-corrected chi connectivity index (χ0v) is 18.2. The first kappa shape index (κ1) is 20.2. The zero-order chi connectivity index (χ0) is 21.2. The molecule has 2 aromatic heterocycles. The summed E-state index contributed by atoms with van der Waals surface area (Å²) in [4.78, 5) is 9.59. The Bertz CT molecular complexity index is 1170. The SMILES string of the molecule is COc1ccc2[nH]c(C3CCN(CCCc4c[nH]c5ccc(CO)cc45)CC3)cc2c1. The highest BCUT2D eigenvalue weighted by molar-refractivity contribution is 5.84. The number of hydrogen-bond donors (Lipinski definition) is 3. The lowest BCUT2D eigenvalue weighted by atomic mass is 9.93. The van der Waals surface area contributed by atoms with E-state index >= 15 is 0 Å². The summed E-state index contributed by atoms with van der Waals surface area (Å²) in [5.41, 5.74) is 6.05. The van der Waals surface area contributed by atoms with E-state index < -0.39 is 0 Å². The maximum Gasteiger partial charge on any atom is 0.119 e. The van der Waals surface area contributed by atoms with Crippen LogP contribution in [-0.2, 0) is 13.0 Å². The van der Waals surface area contributed by atoms with Crippen LogP contribution in [0.4, 0.5) is 0 Å². The molecule has 31 heavy (non-hydrogen) atoms. The summed E-state index contributed by atoms with van der Waals surface area (Å²) in [6, 6.07) is 14.7. The Kier molecular flexibility index (Phi) is 5.70. The lowest BCUT2D eigenvalue weighted by molar-refractivity contribution is 0.209. The van der Waals surface area contributed by atoms with Crippen LogP contribution in [0.15, 0.2) is 48.7 Å². The number of piperidine rings is 1. The van der Waals surface area contributed by atoms with Crippen LogP contribution in [0, 0.1) is 0 Å². The maximum absolute atomic E-state index is 9.42. The number of hydrogen-bond acceptors (Lipinski definition) is 3. The topological polar surface area (TPSA) is 64.3 Å². The summed E-state index contributed by atoms with van der Waals surface area (Å²) >= 11 is 0. The lowest BCUT2D eigenvalue weighted by Crippen LogP contribution is -2.33.